The van der Waals surface area contributed by atoms with Gasteiger partial charge in [-0.3, -0.25) is 0 Å². The molecule has 0 aliphatic rings. The topological polar surface area (TPSA) is 58.3 Å². The molecule has 2 N–H and O–H groups in total. The van der Waals surface area contributed by atoms with Crippen LogP contribution in [0, 0.1) is 0 Å². The van der Waals surface area contributed by atoms with Crippen molar-refractivity contribution >= 4 is 11.0 Å². The number of aromatic nitrogens is 2. The Kier molecular flexibility index (Phi) is 4.51. The molecule has 1 atom stereocenters. The molecule has 0 saturated carbocycles. The van der Waals surface area contributed by atoms with E-state index >= 15 is 0 Å². The standard InChI is InChI=1S/C18H20N2O2/c21-13-15(22)12-20-17-9-5-4-8-16(17)19-18(20)11-10-14-6-2-1-3-7-14/h1-9,15,21-22H,10-13H2. The Morgan fingerprint density at radius 1 is 0.955 bits per heavy atom. The molecule has 0 aliphatic heterocycles. The number of rotatable bonds is 6. The van der Waals surface area contributed by atoms with Crippen LogP contribution in [0.5, 0.6) is 0 Å². The van der Waals surface area contributed by atoms with Gasteiger partial charge in [-0.25, -0.2) is 4.98 Å². The van der Waals surface area contributed by atoms with Gasteiger partial charge in [0.15, 0.2) is 0 Å². The van der Waals surface area contributed by atoms with Crippen molar-refractivity contribution in [1.82, 2.24) is 9.55 Å². The van der Waals surface area contributed by atoms with E-state index in [1.807, 2.05) is 47.0 Å². The zero-order valence-corrected chi connectivity index (χ0v) is 12.4. The molecule has 3 rings (SSSR count). The van der Waals surface area contributed by atoms with Crippen molar-refractivity contribution in [1.29, 1.82) is 0 Å². The molecule has 114 valence electrons. The Balaban J connectivity index is 1.88. The minimum absolute atomic E-state index is 0.245. The number of para-hydroxylation sites is 2. The van der Waals surface area contributed by atoms with Crippen LogP contribution in [-0.4, -0.2) is 32.5 Å². The van der Waals surface area contributed by atoms with Crippen molar-refractivity contribution in [2.75, 3.05) is 6.61 Å². The Labute approximate surface area is 129 Å². The molecule has 22 heavy (non-hydrogen) atoms. The van der Waals surface area contributed by atoms with Crippen LogP contribution in [-0.2, 0) is 19.4 Å². The summed E-state index contributed by atoms with van der Waals surface area (Å²) in [6, 6.07) is 18.2. The van der Waals surface area contributed by atoms with Crippen molar-refractivity contribution in [2.24, 2.45) is 0 Å². The fourth-order valence-electron chi connectivity index (χ4n) is 2.69. The molecule has 0 radical (unpaired) electrons. The number of imidazole rings is 1. The van der Waals surface area contributed by atoms with Crippen LogP contribution >= 0.6 is 0 Å². The summed E-state index contributed by atoms with van der Waals surface area (Å²) in [6.45, 7) is 0.117. The van der Waals surface area contributed by atoms with E-state index in [0.29, 0.717) is 6.54 Å². The van der Waals surface area contributed by atoms with Gasteiger partial charge in [-0.05, 0) is 24.1 Å². The summed E-state index contributed by atoms with van der Waals surface area (Å²) in [5.41, 5.74) is 3.19. The van der Waals surface area contributed by atoms with Crippen molar-refractivity contribution in [3.63, 3.8) is 0 Å². The summed E-state index contributed by atoms with van der Waals surface area (Å²) in [5.74, 6) is 0.942. The summed E-state index contributed by atoms with van der Waals surface area (Å²) in [4.78, 5) is 4.69. The minimum Gasteiger partial charge on any atom is -0.394 e. The third-order valence-electron chi connectivity index (χ3n) is 3.82. The lowest BCUT2D eigenvalue weighted by Gasteiger charge is -2.12. The fraction of sp³-hybridized carbons (Fsp3) is 0.278. The van der Waals surface area contributed by atoms with Gasteiger partial charge in [0.05, 0.1) is 30.3 Å². The molecule has 3 aromatic rings. The molecule has 0 bridgehead atoms. The molecule has 1 unspecified atom stereocenters. The number of aliphatic hydroxyl groups is 2. The van der Waals surface area contributed by atoms with Gasteiger partial charge in [0.25, 0.3) is 0 Å². The van der Waals surface area contributed by atoms with Gasteiger partial charge in [0.2, 0.25) is 0 Å². The first-order valence-corrected chi connectivity index (χ1v) is 7.55. The molecule has 0 amide bonds. The van der Waals surface area contributed by atoms with Crippen molar-refractivity contribution < 1.29 is 10.2 Å². The lowest BCUT2D eigenvalue weighted by atomic mass is 10.1. The average Bonchev–Trinajstić information content (AvgIpc) is 2.91. The smallest absolute Gasteiger partial charge is 0.110 e. The highest BCUT2D eigenvalue weighted by atomic mass is 16.3. The Bertz CT molecular complexity index is 737. The number of aryl methyl sites for hydroxylation is 2. The quantitative estimate of drug-likeness (QED) is 0.733. The van der Waals surface area contributed by atoms with Crippen LogP contribution in [0.1, 0.15) is 11.4 Å². The summed E-state index contributed by atoms with van der Waals surface area (Å²) in [7, 11) is 0. The molecule has 0 fully saturated rings. The van der Waals surface area contributed by atoms with Crippen molar-refractivity contribution in [3.8, 4) is 0 Å². The second kappa shape index (κ2) is 6.73. The van der Waals surface area contributed by atoms with Gasteiger partial charge in [-0.2, -0.15) is 0 Å². The van der Waals surface area contributed by atoms with Gasteiger partial charge in [0.1, 0.15) is 5.82 Å². The van der Waals surface area contributed by atoms with Crippen LogP contribution in [0.15, 0.2) is 54.6 Å². The Hall–Kier alpha value is -2.17. The third kappa shape index (κ3) is 3.18. The molecule has 4 nitrogen and oxygen atoms in total. The Morgan fingerprint density at radius 3 is 2.45 bits per heavy atom. The lowest BCUT2D eigenvalue weighted by molar-refractivity contribution is 0.0814. The van der Waals surface area contributed by atoms with Crippen LogP contribution in [0.25, 0.3) is 11.0 Å². The molecule has 0 aliphatic carbocycles. The predicted octanol–water partition coefficient (Wildman–Crippen LogP) is 2.17. The highest BCUT2D eigenvalue weighted by Crippen LogP contribution is 2.18. The maximum absolute atomic E-state index is 9.80. The largest absolute Gasteiger partial charge is 0.394 e. The van der Waals surface area contributed by atoms with E-state index in [9.17, 15) is 5.11 Å². The number of hydrogen-bond donors (Lipinski definition) is 2. The van der Waals surface area contributed by atoms with Crippen LogP contribution in [0.3, 0.4) is 0 Å². The summed E-state index contributed by atoms with van der Waals surface area (Å²) < 4.78 is 2.01. The summed E-state index contributed by atoms with van der Waals surface area (Å²) >= 11 is 0. The molecule has 0 saturated heterocycles. The molecule has 0 spiro atoms. The summed E-state index contributed by atoms with van der Waals surface area (Å²) in [6.07, 6.45) is 0.934. The van der Waals surface area contributed by atoms with Gasteiger partial charge in [0, 0.05) is 6.42 Å². The maximum atomic E-state index is 9.80. The second-order valence-electron chi connectivity index (χ2n) is 5.45. The van der Waals surface area contributed by atoms with Gasteiger partial charge in [-0.15, -0.1) is 0 Å². The molecular formula is C18H20N2O2. The predicted molar refractivity (Wildman–Crippen MR) is 86.7 cm³/mol. The van der Waals surface area contributed by atoms with E-state index in [4.69, 9.17) is 5.11 Å². The Morgan fingerprint density at radius 2 is 1.68 bits per heavy atom. The molecule has 2 aromatic carbocycles. The van der Waals surface area contributed by atoms with E-state index in [1.54, 1.807) is 0 Å². The van der Waals surface area contributed by atoms with Crippen molar-refractivity contribution in [3.05, 3.63) is 66.0 Å². The average molecular weight is 296 g/mol. The number of nitrogens with zero attached hydrogens (tertiary/aromatic N) is 2. The summed E-state index contributed by atoms with van der Waals surface area (Å²) in [5, 5.41) is 18.9. The van der Waals surface area contributed by atoms with Crippen LogP contribution in [0.4, 0.5) is 0 Å². The first-order chi connectivity index (χ1) is 10.8. The zero-order valence-electron chi connectivity index (χ0n) is 12.4. The normalized spacial score (nSPS) is 12.6. The van der Waals surface area contributed by atoms with Gasteiger partial charge < -0.3 is 14.8 Å². The van der Waals surface area contributed by atoms with Crippen LogP contribution < -0.4 is 0 Å². The molecule has 4 heteroatoms. The first-order valence-electron chi connectivity index (χ1n) is 7.55. The van der Waals surface area contributed by atoms with E-state index in [1.165, 1.54) is 5.56 Å². The highest BCUT2D eigenvalue weighted by molar-refractivity contribution is 5.75. The van der Waals surface area contributed by atoms with E-state index in [-0.39, 0.29) is 6.61 Å². The molecule has 1 heterocycles. The van der Waals surface area contributed by atoms with E-state index < -0.39 is 6.10 Å². The van der Waals surface area contributed by atoms with Gasteiger partial charge in [-0.1, -0.05) is 42.5 Å². The fourth-order valence-corrected chi connectivity index (χ4v) is 2.69. The number of aliphatic hydroxyl groups excluding tert-OH is 2. The van der Waals surface area contributed by atoms with Crippen molar-refractivity contribution in [2.45, 2.75) is 25.5 Å². The minimum atomic E-state index is -0.770. The maximum Gasteiger partial charge on any atom is 0.110 e. The SMILES string of the molecule is OCC(O)Cn1c(CCc2ccccc2)nc2ccccc21. The second-order valence-corrected chi connectivity index (χ2v) is 5.45. The van der Waals surface area contributed by atoms with E-state index in [2.05, 4.69) is 17.1 Å². The monoisotopic (exact) mass is 296 g/mol. The van der Waals surface area contributed by atoms with E-state index in [0.717, 1.165) is 29.7 Å². The third-order valence-corrected chi connectivity index (χ3v) is 3.82. The van der Waals surface area contributed by atoms with Gasteiger partial charge >= 0.3 is 0 Å². The zero-order chi connectivity index (χ0) is 15.4. The lowest BCUT2D eigenvalue weighted by Crippen LogP contribution is -2.21. The first kappa shape index (κ1) is 14.8. The number of benzene rings is 2. The highest BCUT2D eigenvalue weighted by Gasteiger charge is 2.13. The molecular weight excluding hydrogens is 276 g/mol. The number of fused-ring (bicyclic) bond motifs is 1. The molecule has 1 aromatic heterocycles. The van der Waals surface area contributed by atoms with Crippen LogP contribution in [0.2, 0.25) is 0 Å². The number of hydrogen-bond acceptors (Lipinski definition) is 3.